The van der Waals surface area contributed by atoms with Gasteiger partial charge < -0.3 is 24.8 Å². The van der Waals surface area contributed by atoms with Crippen molar-refractivity contribution in [1.82, 2.24) is 25.3 Å². The van der Waals surface area contributed by atoms with E-state index in [1.807, 2.05) is 54.6 Å². The van der Waals surface area contributed by atoms with Crippen LogP contribution in [0.1, 0.15) is 21.6 Å². The number of nitrogens with zero attached hydrogens (tertiary/aromatic N) is 4. The molecule has 0 atom stereocenters. The van der Waals surface area contributed by atoms with Crippen LogP contribution in [-0.2, 0) is 13.1 Å². The van der Waals surface area contributed by atoms with Crippen molar-refractivity contribution < 1.29 is 19.0 Å². The van der Waals surface area contributed by atoms with Gasteiger partial charge >= 0.3 is 0 Å². The molecule has 40 heavy (non-hydrogen) atoms. The van der Waals surface area contributed by atoms with Gasteiger partial charge in [0.2, 0.25) is 0 Å². The summed E-state index contributed by atoms with van der Waals surface area (Å²) in [6.45, 7) is 0.712. The van der Waals surface area contributed by atoms with Crippen LogP contribution < -0.4 is 24.8 Å². The molecule has 0 aliphatic heterocycles. The van der Waals surface area contributed by atoms with E-state index >= 15 is 0 Å². The third kappa shape index (κ3) is 6.54. The zero-order chi connectivity index (χ0) is 27.7. The number of hydrogen-bond acceptors (Lipinski definition) is 8. The fourth-order valence-electron chi connectivity index (χ4n) is 4.00. The molecule has 2 aromatic heterocycles. The van der Waals surface area contributed by atoms with E-state index in [9.17, 15) is 4.79 Å². The Hall–Kier alpha value is -5.38. The minimum atomic E-state index is -0.302. The van der Waals surface area contributed by atoms with Crippen molar-refractivity contribution in [3.05, 3.63) is 114 Å². The van der Waals surface area contributed by atoms with Gasteiger partial charge in [-0.1, -0.05) is 35.5 Å². The van der Waals surface area contributed by atoms with Gasteiger partial charge in [-0.3, -0.25) is 4.79 Å². The highest BCUT2D eigenvalue weighted by molar-refractivity contribution is 5.99. The summed E-state index contributed by atoms with van der Waals surface area (Å²) in [5, 5.41) is 14.5. The zero-order valence-electron chi connectivity index (χ0n) is 22.1. The number of rotatable bonds is 11. The number of benzene rings is 3. The Morgan fingerprint density at radius 3 is 2.55 bits per heavy atom. The highest BCUT2D eigenvalue weighted by Crippen LogP contribution is 2.31. The van der Waals surface area contributed by atoms with Gasteiger partial charge in [-0.2, -0.15) is 0 Å². The highest BCUT2D eigenvalue weighted by atomic mass is 16.5. The predicted molar refractivity (Wildman–Crippen MR) is 150 cm³/mol. The number of para-hydroxylation sites is 1. The number of ether oxygens (including phenoxy) is 3. The lowest BCUT2D eigenvalue weighted by atomic mass is 10.2. The standard InChI is InChI=1S/C30H28N6O4/c1-38-24-13-14-27(28(17-24)39-2)33-29-26(12-7-15-31-29)30(37)32-18-22-20-36(35-34-22)19-21-8-6-11-25(16-21)40-23-9-4-3-5-10-23/h3-17,20H,18-19H2,1-2H3,(H,31,33)(H,32,37). The number of amides is 1. The van der Waals surface area contributed by atoms with E-state index in [-0.39, 0.29) is 12.5 Å². The molecule has 10 nitrogen and oxygen atoms in total. The normalized spacial score (nSPS) is 10.6. The Labute approximate surface area is 231 Å². The molecule has 0 aliphatic carbocycles. The van der Waals surface area contributed by atoms with Gasteiger partial charge in [0.15, 0.2) is 0 Å². The van der Waals surface area contributed by atoms with Crippen LogP contribution in [0.4, 0.5) is 11.5 Å². The minimum Gasteiger partial charge on any atom is -0.497 e. The fraction of sp³-hybridized carbons (Fsp3) is 0.133. The first kappa shape index (κ1) is 26.2. The molecule has 0 saturated heterocycles. The SMILES string of the molecule is COc1ccc(Nc2ncccc2C(=O)NCc2cn(Cc3cccc(Oc4ccccc4)c3)nn2)c(OC)c1. The molecule has 3 aromatic carbocycles. The van der Waals surface area contributed by atoms with E-state index in [1.165, 1.54) is 0 Å². The summed E-state index contributed by atoms with van der Waals surface area (Å²) in [7, 11) is 3.15. The first-order chi connectivity index (χ1) is 19.6. The van der Waals surface area contributed by atoms with Crippen molar-refractivity contribution in [2.75, 3.05) is 19.5 Å². The van der Waals surface area contributed by atoms with Gasteiger partial charge in [0.25, 0.3) is 5.91 Å². The van der Waals surface area contributed by atoms with Crippen molar-refractivity contribution >= 4 is 17.4 Å². The van der Waals surface area contributed by atoms with E-state index in [0.29, 0.717) is 40.8 Å². The predicted octanol–water partition coefficient (Wildman–Crippen LogP) is 5.20. The average Bonchev–Trinajstić information content (AvgIpc) is 3.44. The first-order valence-corrected chi connectivity index (χ1v) is 12.5. The number of nitrogens with one attached hydrogen (secondary N) is 2. The maximum Gasteiger partial charge on any atom is 0.255 e. The van der Waals surface area contributed by atoms with E-state index in [1.54, 1.807) is 61.6 Å². The summed E-state index contributed by atoms with van der Waals surface area (Å²) in [6, 6.07) is 26.2. The van der Waals surface area contributed by atoms with Crippen LogP contribution >= 0.6 is 0 Å². The minimum absolute atomic E-state index is 0.205. The molecule has 2 heterocycles. The monoisotopic (exact) mass is 536 g/mol. The summed E-state index contributed by atoms with van der Waals surface area (Å²) in [5.74, 6) is 2.82. The lowest BCUT2D eigenvalue weighted by Crippen LogP contribution is -2.24. The van der Waals surface area contributed by atoms with Gasteiger partial charge in [-0.05, 0) is 54.1 Å². The van der Waals surface area contributed by atoms with Crippen molar-refractivity contribution in [1.29, 1.82) is 0 Å². The quantitative estimate of drug-likeness (QED) is 0.237. The van der Waals surface area contributed by atoms with Crippen LogP contribution in [0, 0.1) is 0 Å². The molecule has 0 aliphatic rings. The van der Waals surface area contributed by atoms with Crippen LogP contribution in [0.5, 0.6) is 23.0 Å². The molecule has 202 valence electrons. The zero-order valence-corrected chi connectivity index (χ0v) is 22.1. The smallest absolute Gasteiger partial charge is 0.255 e. The van der Waals surface area contributed by atoms with Gasteiger partial charge in [-0.15, -0.1) is 5.10 Å². The molecule has 0 bridgehead atoms. The molecule has 1 amide bonds. The van der Waals surface area contributed by atoms with Crippen LogP contribution in [0.25, 0.3) is 0 Å². The first-order valence-electron chi connectivity index (χ1n) is 12.5. The number of hydrogen-bond donors (Lipinski definition) is 2. The van der Waals surface area contributed by atoms with Crippen LogP contribution in [0.2, 0.25) is 0 Å². The molecule has 5 aromatic rings. The number of carbonyl (C=O) groups is 1. The van der Waals surface area contributed by atoms with Gasteiger partial charge in [-0.25, -0.2) is 9.67 Å². The van der Waals surface area contributed by atoms with Crippen LogP contribution in [-0.4, -0.2) is 40.1 Å². The second-order valence-electron chi connectivity index (χ2n) is 8.74. The third-order valence-corrected chi connectivity index (χ3v) is 5.95. The summed E-state index contributed by atoms with van der Waals surface area (Å²) < 4.78 is 18.3. The molecule has 0 unspecified atom stereocenters. The van der Waals surface area contributed by atoms with E-state index in [2.05, 4.69) is 25.9 Å². The van der Waals surface area contributed by atoms with E-state index < -0.39 is 0 Å². The number of carbonyl (C=O) groups excluding carboxylic acids is 1. The van der Waals surface area contributed by atoms with Crippen molar-refractivity contribution in [2.24, 2.45) is 0 Å². The summed E-state index contributed by atoms with van der Waals surface area (Å²) in [6.07, 6.45) is 3.41. The number of aromatic nitrogens is 4. The third-order valence-electron chi connectivity index (χ3n) is 5.95. The van der Waals surface area contributed by atoms with Crippen LogP contribution in [0.15, 0.2) is 97.3 Å². The molecule has 2 N–H and O–H groups in total. The second-order valence-corrected chi connectivity index (χ2v) is 8.74. The Morgan fingerprint density at radius 2 is 1.73 bits per heavy atom. The lowest BCUT2D eigenvalue weighted by Gasteiger charge is -2.14. The average molecular weight is 537 g/mol. The Morgan fingerprint density at radius 1 is 0.875 bits per heavy atom. The topological polar surface area (TPSA) is 112 Å². The molecule has 10 heteroatoms. The Balaban J connectivity index is 1.21. The fourth-order valence-corrected chi connectivity index (χ4v) is 4.00. The lowest BCUT2D eigenvalue weighted by molar-refractivity contribution is 0.0951. The van der Waals surface area contributed by atoms with E-state index in [4.69, 9.17) is 14.2 Å². The van der Waals surface area contributed by atoms with Crippen LogP contribution in [0.3, 0.4) is 0 Å². The number of pyridine rings is 1. The Kier molecular flexibility index (Phi) is 8.16. The van der Waals surface area contributed by atoms with Crippen molar-refractivity contribution in [2.45, 2.75) is 13.1 Å². The number of methoxy groups -OCH3 is 2. The van der Waals surface area contributed by atoms with Gasteiger partial charge in [0, 0.05) is 12.3 Å². The van der Waals surface area contributed by atoms with Crippen molar-refractivity contribution in [3.8, 4) is 23.0 Å². The maximum absolute atomic E-state index is 13.1. The largest absolute Gasteiger partial charge is 0.497 e. The molecular formula is C30H28N6O4. The van der Waals surface area contributed by atoms with Gasteiger partial charge in [0.1, 0.15) is 34.5 Å². The highest BCUT2D eigenvalue weighted by Gasteiger charge is 2.15. The molecule has 0 fully saturated rings. The molecular weight excluding hydrogens is 508 g/mol. The molecule has 5 rings (SSSR count). The second kappa shape index (κ2) is 12.4. The maximum atomic E-state index is 13.1. The summed E-state index contributed by atoms with van der Waals surface area (Å²) in [4.78, 5) is 17.4. The van der Waals surface area contributed by atoms with Gasteiger partial charge in [0.05, 0.1) is 44.8 Å². The Bertz CT molecular complexity index is 1590. The molecule has 0 radical (unpaired) electrons. The number of anilines is 2. The molecule has 0 spiro atoms. The van der Waals surface area contributed by atoms with E-state index in [0.717, 1.165) is 17.1 Å². The molecule has 0 saturated carbocycles. The summed E-state index contributed by atoms with van der Waals surface area (Å²) >= 11 is 0. The van der Waals surface area contributed by atoms with Crippen molar-refractivity contribution in [3.63, 3.8) is 0 Å². The summed E-state index contributed by atoms with van der Waals surface area (Å²) in [5.41, 5.74) is 2.66.